The van der Waals surface area contributed by atoms with E-state index in [-0.39, 0.29) is 34.8 Å². The molecule has 2 aromatic heterocycles. The summed E-state index contributed by atoms with van der Waals surface area (Å²) < 4.78 is 9.27. The zero-order chi connectivity index (χ0) is 26.4. The molecule has 4 rings (SSSR count). The molecule has 1 fully saturated rings. The Balaban J connectivity index is 1.77. The maximum atomic E-state index is 14.0. The number of primary amides is 1. The monoisotopic (exact) mass is 522 g/mol. The summed E-state index contributed by atoms with van der Waals surface area (Å²) in [5.41, 5.74) is 12.5. The Morgan fingerprint density at radius 3 is 2.49 bits per heavy atom. The van der Waals surface area contributed by atoms with E-state index in [4.69, 9.17) is 16.2 Å². The molecule has 194 valence electrons. The number of carbonyl (C=O) groups excluding carboxylic acids is 3. The lowest BCUT2D eigenvalue weighted by atomic mass is 9.94. The molecule has 11 heteroatoms. The summed E-state index contributed by atoms with van der Waals surface area (Å²) in [6, 6.07) is 9.64. The van der Waals surface area contributed by atoms with Crippen molar-refractivity contribution in [3.63, 3.8) is 0 Å². The van der Waals surface area contributed by atoms with Crippen molar-refractivity contribution in [3.05, 3.63) is 70.5 Å². The highest BCUT2D eigenvalue weighted by molar-refractivity contribution is 7.09. The number of nitrogens with zero attached hydrogens (tertiary/aromatic N) is 3. The molecule has 0 aliphatic heterocycles. The Labute approximate surface area is 219 Å². The molecule has 3 aromatic rings. The van der Waals surface area contributed by atoms with Crippen LogP contribution in [0.15, 0.2) is 48.8 Å². The number of methoxy groups -OCH3 is 1. The third-order valence-corrected chi connectivity index (χ3v) is 7.29. The number of benzene rings is 1. The minimum absolute atomic E-state index is 0.0345. The Bertz CT molecular complexity index is 1240. The highest BCUT2D eigenvalue weighted by atomic mass is 32.1. The molecule has 0 radical (unpaired) electrons. The van der Waals surface area contributed by atoms with Crippen molar-refractivity contribution < 1.29 is 19.1 Å². The lowest BCUT2D eigenvalue weighted by molar-refractivity contribution is -0.127. The maximum Gasteiger partial charge on any atom is 0.270 e. The summed E-state index contributed by atoms with van der Waals surface area (Å²) in [5, 5.41) is 3.16. The van der Waals surface area contributed by atoms with E-state index >= 15 is 0 Å². The van der Waals surface area contributed by atoms with Crippen LogP contribution in [-0.4, -0.2) is 45.1 Å². The largest absolute Gasteiger partial charge is 0.497 e. The van der Waals surface area contributed by atoms with Crippen molar-refractivity contribution in [3.8, 4) is 5.75 Å². The van der Waals surface area contributed by atoms with Crippen molar-refractivity contribution in [2.45, 2.75) is 50.7 Å². The average molecular weight is 523 g/mol. The Morgan fingerprint density at radius 2 is 1.89 bits per heavy atom. The van der Waals surface area contributed by atoms with Gasteiger partial charge in [-0.2, -0.15) is 4.37 Å². The van der Waals surface area contributed by atoms with Gasteiger partial charge >= 0.3 is 0 Å². The number of anilines is 1. The normalized spacial score (nSPS) is 14.5. The highest BCUT2D eigenvalue weighted by Gasteiger charge is 2.36. The van der Waals surface area contributed by atoms with Crippen LogP contribution >= 0.6 is 11.5 Å². The van der Waals surface area contributed by atoms with Crippen molar-refractivity contribution in [2.24, 2.45) is 5.73 Å². The first-order valence-electron chi connectivity index (χ1n) is 12.1. The van der Waals surface area contributed by atoms with Crippen LogP contribution in [0.1, 0.15) is 69.4 Å². The fraction of sp³-hybridized carbons (Fsp3) is 0.346. The molecular formula is C26H30N6O4S. The second kappa shape index (κ2) is 11.8. The van der Waals surface area contributed by atoms with Gasteiger partial charge in [-0.1, -0.05) is 37.5 Å². The molecule has 1 aliphatic rings. The number of nitrogens with one attached hydrogen (secondary N) is 1. The molecule has 5 N–H and O–H groups in total. The predicted molar refractivity (Wildman–Crippen MR) is 140 cm³/mol. The van der Waals surface area contributed by atoms with Crippen LogP contribution in [0.3, 0.4) is 0 Å². The summed E-state index contributed by atoms with van der Waals surface area (Å²) >= 11 is 0.783. The quantitative estimate of drug-likeness (QED) is 0.390. The molecule has 0 saturated heterocycles. The first-order chi connectivity index (χ1) is 17.9. The molecule has 0 spiro atoms. The summed E-state index contributed by atoms with van der Waals surface area (Å²) in [6.45, 7) is 0.0741. The van der Waals surface area contributed by atoms with Gasteiger partial charge in [-0.15, -0.1) is 0 Å². The SMILES string of the molecule is COc1ccc([C@H](C(=O)NC2CCCCC2)N(Cc2cccnc2)C(=O)c2snc(C(N)=O)c2N)cc1. The molecule has 3 amide bonds. The topological polar surface area (TPSA) is 154 Å². The first-order valence-corrected chi connectivity index (χ1v) is 12.9. The molecular weight excluding hydrogens is 492 g/mol. The molecule has 37 heavy (non-hydrogen) atoms. The number of carbonyl (C=O) groups is 3. The van der Waals surface area contributed by atoms with E-state index in [2.05, 4.69) is 14.7 Å². The van der Waals surface area contributed by atoms with Gasteiger partial charge in [0.05, 0.1) is 12.8 Å². The Kier molecular flexibility index (Phi) is 8.34. The van der Waals surface area contributed by atoms with E-state index in [0.29, 0.717) is 11.3 Å². The zero-order valence-electron chi connectivity index (χ0n) is 20.6. The smallest absolute Gasteiger partial charge is 0.270 e. The summed E-state index contributed by atoms with van der Waals surface area (Å²) in [6.07, 6.45) is 8.28. The Morgan fingerprint density at radius 1 is 1.16 bits per heavy atom. The van der Waals surface area contributed by atoms with Gasteiger partial charge in [0.2, 0.25) is 5.91 Å². The predicted octanol–water partition coefficient (Wildman–Crippen LogP) is 3.06. The summed E-state index contributed by atoms with van der Waals surface area (Å²) in [4.78, 5) is 45.2. The molecule has 1 aromatic carbocycles. The van der Waals surface area contributed by atoms with E-state index in [1.54, 1.807) is 49.8 Å². The van der Waals surface area contributed by atoms with Crippen molar-refractivity contribution in [2.75, 3.05) is 12.8 Å². The van der Waals surface area contributed by atoms with Gasteiger partial charge in [0, 0.05) is 25.0 Å². The highest BCUT2D eigenvalue weighted by Crippen LogP contribution is 2.31. The number of nitrogens with two attached hydrogens (primary N) is 2. The molecule has 1 aliphatic carbocycles. The second-order valence-electron chi connectivity index (χ2n) is 8.95. The van der Waals surface area contributed by atoms with Crippen LogP contribution in [0.5, 0.6) is 5.75 Å². The van der Waals surface area contributed by atoms with Crippen LogP contribution in [0.2, 0.25) is 0 Å². The average Bonchev–Trinajstić information content (AvgIpc) is 3.31. The number of amides is 3. The van der Waals surface area contributed by atoms with Crippen molar-refractivity contribution in [1.29, 1.82) is 0 Å². The lowest BCUT2D eigenvalue weighted by Gasteiger charge is -2.33. The molecule has 1 atom stereocenters. The van der Waals surface area contributed by atoms with Crippen LogP contribution < -0.4 is 21.5 Å². The van der Waals surface area contributed by atoms with E-state index < -0.39 is 17.9 Å². The van der Waals surface area contributed by atoms with E-state index in [1.165, 1.54) is 4.90 Å². The number of pyridine rings is 1. The van der Waals surface area contributed by atoms with Gasteiger partial charge in [-0.25, -0.2) is 0 Å². The lowest BCUT2D eigenvalue weighted by Crippen LogP contribution is -2.46. The van der Waals surface area contributed by atoms with Crippen molar-refractivity contribution >= 4 is 34.9 Å². The minimum atomic E-state index is -0.987. The molecule has 0 unspecified atom stereocenters. The third kappa shape index (κ3) is 6.05. The van der Waals surface area contributed by atoms with Crippen LogP contribution in [0.4, 0.5) is 5.69 Å². The molecule has 2 heterocycles. The van der Waals surface area contributed by atoms with E-state index in [0.717, 1.165) is 49.2 Å². The zero-order valence-corrected chi connectivity index (χ0v) is 21.4. The standard InChI is InChI=1S/C26H30N6O4S/c1-36-19-11-9-17(10-12-19)22(25(34)30-18-7-3-2-4-8-18)32(15-16-6-5-13-29-14-16)26(35)23-20(27)21(24(28)33)31-37-23/h5-6,9-14,18,22H,2-4,7-8,15,27H2,1H3,(H2,28,33)(H,30,34)/t22-/m1/s1. The summed E-state index contributed by atoms with van der Waals surface area (Å²) in [7, 11) is 1.56. The Hall–Kier alpha value is -3.99. The fourth-order valence-corrected chi connectivity index (χ4v) is 5.28. The van der Waals surface area contributed by atoms with Gasteiger partial charge in [0.25, 0.3) is 11.8 Å². The van der Waals surface area contributed by atoms with Crippen LogP contribution in [-0.2, 0) is 11.3 Å². The van der Waals surface area contributed by atoms with Gasteiger partial charge in [0.15, 0.2) is 5.69 Å². The summed E-state index contributed by atoms with van der Waals surface area (Å²) in [5.74, 6) is -1.04. The molecule has 10 nitrogen and oxygen atoms in total. The number of hydrogen-bond acceptors (Lipinski definition) is 8. The molecule has 0 bridgehead atoms. The van der Waals surface area contributed by atoms with Gasteiger partial charge in [-0.05, 0) is 53.7 Å². The number of nitrogen functional groups attached to an aromatic ring is 1. The molecule has 1 saturated carbocycles. The van der Waals surface area contributed by atoms with Crippen LogP contribution in [0.25, 0.3) is 0 Å². The van der Waals surface area contributed by atoms with Gasteiger partial charge < -0.3 is 26.4 Å². The van der Waals surface area contributed by atoms with Gasteiger partial charge in [0.1, 0.15) is 16.7 Å². The number of hydrogen-bond donors (Lipinski definition) is 3. The number of ether oxygens (including phenoxy) is 1. The van der Waals surface area contributed by atoms with Crippen LogP contribution in [0, 0.1) is 0 Å². The van der Waals surface area contributed by atoms with Crippen molar-refractivity contribution in [1.82, 2.24) is 19.6 Å². The first kappa shape index (κ1) is 26.1. The van der Waals surface area contributed by atoms with E-state index in [1.807, 2.05) is 6.07 Å². The third-order valence-electron chi connectivity index (χ3n) is 6.44. The maximum absolute atomic E-state index is 14.0. The van der Waals surface area contributed by atoms with Gasteiger partial charge in [-0.3, -0.25) is 19.4 Å². The van der Waals surface area contributed by atoms with E-state index in [9.17, 15) is 14.4 Å². The minimum Gasteiger partial charge on any atom is -0.497 e. The second-order valence-corrected chi connectivity index (χ2v) is 9.73. The fourth-order valence-electron chi connectivity index (χ4n) is 4.51. The number of rotatable bonds is 9. The number of aromatic nitrogens is 2.